The Balaban J connectivity index is 1.59. The van der Waals surface area contributed by atoms with Crippen LogP contribution in [0.15, 0.2) is 47.4 Å². The van der Waals surface area contributed by atoms with Crippen LogP contribution in [0, 0.1) is 19.7 Å². The molecule has 2 aromatic heterocycles. The van der Waals surface area contributed by atoms with Gasteiger partial charge < -0.3 is 24.8 Å². The summed E-state index contributed by atoms with van der Waals surface area (Å²) in [6.45, 7) is 6.91. The molecule has 0 spiro atoms. The Hall–Kier alpha value is -3.53. The zero-order valence-electron chi connectivity index (χ0n) is 23.9. The zero-order chi connectivity index (χ0) is 29.6. The van der Waals surface area contributed by atoms with Crippen molar-refractivity contribution < 1.29 is 24.1 Å². The van der Waals surface area contributed by atoms with Crippen LogP contribution in [0.4, 0.5) is 4.39 Å². The second-order valence-electron chi connectivity index (χ2n) is 11.6. The third-order valence-electron chi connectivity index (χ3n) is 7.67. The van der Waals surface area contributed by atoms with Crippen molar-refractivity contribution in [2.75, 3.05) is 0 Å². The predicted octanol–water partition coefficient (Wildman–Crippen LogP) is 6.08. The molecule has 216 valence electrons. The molecule has 1 amide bonds. The van der Waals surface area contributed by atoms with E-state index in [1.54, 1.807) is 53.1 Å². The lowest BCUT2D eigenvalue weighted by Crippen LogP contribution is -2.38. The van der Waals surface area contributed by atoms with Gasteiger partial charge in [-0.2, -0.15) is 0 Å². The van der Waals surface area contributed by atoms with Gasteiger partial charge in [-0.15, -0.1) is 11.3 Å². The van der Waals surface area contributed by atoms with E-state index in [9.17, 15) is 24.2 Å². The molecule has 2 aromatic carbocycles. The van der Waals surface area contributed by atoms with Crippen molar-refractivity contribution in [3.63, 3.8) is 0 Å². The fourth-order valence-electron chi connectivity index (χ4n) is 5.39. The average molecular weight is 579 g/mol. The molecular weight excluding hydrogens is 543 g/mol. The van der Waals surface area contributed by atoms with E-state index in [2.05, 4.69) is 5.32 Å². The Bertz CT molecular complexity index is 1670. The van der Waals surface area contributed by atoms with Gasteiger partial charge in [0.15, 0.2) is 0 Å². The third kappa shape index (κ3) is 6.07. The standard InChI is InChI=1S/C32H35FN2O5S/c1-17-10-21(33)11-18(2)28(17)40-24-13-19(12-20(14-24)32(3,4)39)26-16-35(5)31(38)25-15-27(41-29(25)26)30(37)34-22-6-8-23(36)9-7-22/h10-16,22-23,36,39H,6-9H2,1-5H3,(H,34,37). The van der Waals surface area contributed by atoms with Gasteiger partial charge in [-0.25, -0.2) is 4.39 Å². The lowest BCUT2D eigenvalue weighted by molar-refractivity contribution is 0.0784. The topological polar surface area (TPSA) is 101 Å². The second-order valence-corrected chi connectivity index (χ2v) is 12.6. The van der Waals surface area contributed by atoms with E-state index < -0.39 is 5.60 Å². The van der Waals surface area contributed by atoms with Gasteiger partial charge in [-0.1, -0.05) is 0 Å². The number of aliphatic hydroxyl groups is 2. The van der Waals surface area contributed by atoms with E-state index in [0.29, 0.717) is 74.4 Å². The number of benzene rings is 2. The number of halogens is 1. The minimum atomic E-state index is -1.20. The summed E-state index contributed by atoms with van der Waals surface area (Å²) in [4.78, 5) is 26.7. The maximum absolute atomic E-state index is 13.9. The van der Waals surface area contributed by atoms with Crippen LogP contribution in [0.5, 0.6) is 11.5 Å². The molecule has 3 N–H and O–H groups in total. The molecule has 0 saturated heterocycles. The van der Waals surface area contributed by atoms with Crippen LogP contribution in [0.25, 0.3) is 21.2 Å². The number of carbonyl (C=O) groups excluding carboxylic acids is 1. The number of pyridine rings is 1. The van der Waals surface area contributed by atoms with Gasteiger partial charge in [0, 0.05) is 29.5 Å². The first-order chi connectivity index (χ1) is 19.3. The molecule has 4 aromatic rings. The number of rotatable bonds is 6. The van der Waals surface area contributed by atoms with Gasteiger partial charge in [0.1, 0.15) is 17.3 Å². The highest BCUT2D eigenvalue weighted by molar-refractivity contribution is 7.21. The van der Waals surface area contributed by atoms with Crippen molar-refractivity contribution in [2.24, 2.45) is 7.05 Å². The summed E-state index contributed by atoms with van der Waals surface area (Å²) in [5.41, 5.74) is 1.88. The molecule has 1 saturated carbocycles. The molecule has 0 radical (unpaired) electrons. The summed E-state index contributed by atoms with van der Waals surface area (Å²) >= 11 is 1.25. The number of carbonyl (C=O) groups is 1. The smallest absolute Gasteiger partial charge is 0.261 e. The zero-order valence-corrected chi connectivity index (χ0v) is 24.7. The first kappa shape index (κ1) is 29.0. The Labute approximate surface area is 242 Å². The monoisotopic (exact) mass is 578 g/mol. The quantitative estimate of drug-likeness (QED) is 0.258. The SMILES string of the molecule is Cc1cc(F)cc(C)c1Oc1cc(-c2cn(C)c(=O)c3cc(C(=O)NC4CCC(O)CC4)sc23)cc(C(C)(C)O)c1. The number of aliphatic hydroxyl groups excluding tert-OH is 1. The molecule has 5 rings (SSSR count). The molecule has 1 aliphatic carbocycles. The number of fused-ring (bicyclic) bond motifs is 1. The van der Waals surface area contributed by atoms with E-state index in [1.807, 2.05) is 12.1 Å². The number of aryl methyl sites for hydroxylation is 3. The third-order valence-corrected chi connectivity index (χ3v) is 8.84. The van der Waals surface area contributed by atoms with Crippen molar-refractivity contribution in [3.8, 4) is 22.6 Å². The lowest BCUT2D eigenvalue weighted by Gasteiger charge is -2.25. The van der Waals surface area contributed by atoms with Gasteiger partial charge in [0.05, 0.1) is 22.0 Å². The molecule has 7 nitrogen and oxygen atoms in total. The van der Waals surface area contributed by atoms with Crippen LogP contribution in [0.2, 0.25) is 0 Å². The molecule has 1 fully saturated rings. The summed E-state index contributed by atoms with van der Waals surface area (Å²) in [5.74, 6) is 0.399. The van der Waals surface area contributed by atoms with Crippen molar-refractivity contribution >= 4 is 27.3 Å². The molecule has 0 atom stereocenters. The summed E-state index contributed by atoms with van der Waals surface area (Å²) < 4.78 is 22.3. The fraction of sp³-hybridized carbons (Fsp3) is 0.375. The average Bonchev–Trinajstić information content (AvgIpc) is 3.35. The number of ether oxygens (including phenoxy) is 1. The highest BCUT2D eigenvalue weighted by Gasteiger charge is 2.25. The fourth-order valence-corrected chi connectivity index (χ4v) is 6.47. The number of hydrogen-bond acceptors (Lipinski definition) is 6. The normalized spacial score (nSPS) is 17.6. The van der Waals surface area contributed by atoms with Crippen LogP contribution in [-0.4, -0.2) is 32.8 Å². The Kier molecular flexibility index (Phi) is 7.80. The Morgan fingerprint density at radius 3 is 2.37 bits per heavy atom. The number of thiophene rings is 1. The highest BCUT2D eigenvalue weighted by Crippen LogP contribution is 2.39. The molecule has 0 unspecified atom stereocenters. The van der Waals surface area contributed by atoms with Crippen LogP contribution in [0.1, 0.15) is 65.9 Å². The maximum Gasteiger partial charge on any atom is 0.261 e. The molecule has 2 heterocycles. The number of nitrogens with zero attached hydrogens (tertiary/aromatic N) is 1. The van der Waals surface area contributed by atoms with Crippen LogP contribution < -0.4 is 15.6 Å². The van der Waals surface area contributed by atoms with E-state index >= 15 is 0 Å². The second kappa shape index (κ2) is 11.0. The molecule has 41 heavy (non-hydrogen) atoms. The van der Waals surface area contributed by atoms with E-state index in [-0.39, 0.29) is 29.4 Å². The van der Waals surface area contributed by atoms with Crippen molar-refractivity contribution in [3.05, 3.63) is 80.3 Å². The molecule has 0 aliphatic heterocycles. The van der Waals surface area contributed by atoms with Gasteiger partial charge in [0.2, 0.25) is 0 Å². The summed E-state index contributed by atoms with van der Waals surface area (Å²) in [5, 5.41) is 24.2. The largest absolute Gasteiger partial charge is 0.457 e. The predicted molar refractivity (Wildman–Crippen MR) is 159 cm³/mol. The summed E-state index contributed by atoms with van der Waals surface area (Å²) in [6, 6.07) is 9.87. The van der Waals surface area contributed by atoms with Gasteiger partial charge in [0.25, 0.3) is 11.5 Å². The Morgan fingerprint density at radius 1 is 1.07 bits per heavy atom. The van der Waals surface area contributed by atoms with Crippen molar-refractivity contribution in [1.29, 1.82) is 0 Å². The van der Waals surface area contributed by atoms with Gasteiger partial charge >= 0.3 is 0 Å². The van der Waals surface area contributed by atoms with Gasteiger partial charge in [-0.05, 0) is 112 Å². The summed E-state index contributed by atoms with van der Waals surface area (Å²) in [7, 11) is 1.67. The summed E-state index contributed by atoms with van der Waals surface area (Å²) in [6.07, 6.45) is 4.14. The van der Waals surface area contributed by atoms with Crippen molar-refractivity contribution in [2.45, 2.75) is 71.1 Å². The molecule has 1 aliphatic rings. The van der Waals surface area contributed by atoms with E-state index in [4.69, 9.17) is 4.74 Å². The minimum Gasteiger partial charge on any atom is -0.457 e. The first-order valence-electron chi connectivity index (χ1n) is 13.7. The number of nitrogens with one attached hydrogen (secondary N) is 1. The number of amides is 1. The highest BCUT2D eigenvalue weighted by atomic mass is 32.1. The van der Waals surface area contributed by atoms with E-state index in [1.165, 1.54) is 28.0 Å². The maximum atomic E-state index is 13.9. The van der Waals surface area contributed by atoms with Gasteiger partial charge in [-0.3, -0.25) is 9.59 Å². The number of aromatic nitrogens is 1. The van der Waals surface area contributed by atoms with E-state index in [0.717, 1.165) is 5.56 Å². The molecule has 9 heteroatoms. The molecule has 0 bridgehead atoms. The van der Waals surface area contributed by atoms with Crippen molar-refractivity contribution in [1.82, 2.24) is 9.88 Å². The van der Waals surface area contributed by atoms with Crippen LogP contribution >= 0.6 is 11.3 Å². The van der Waals surface area contributed by atoms with Crippen LogP contribution in [0.3, 0.4) is 0 Å². The minimum absolute atomic E-state index is 0.0139. The van der Waals surface area contributed by atoms with Crippen LogP contribution in [-0.2, 0) is 12.6 Å². The number of hydrogen-bond donors (Lipinski definition) is 3. The first-order valence-corrected chi connectivity index (χ1v) is 14.6. The Morgan fingerprint density at radius 2 is 1.73 bits per heavy atom. The molecular formula is C32H35FN2O5S. The lowest BCUT2D eigenvalue weighted by atomic mass is 9.93.